The lowest BCUT2D eigenvalue weighted by Gasteiger charge is -2.06. The van der Waals surface area contributed by atoms with E-state index in [1.54, 1.807) is 18.2 Å². The number of benzene rings is 2. The molecule has 0 spiro atoms. The Balaban J connectivity index is 2.04. The minimum Gasteiger partial charge on any atom is -0.457 e. The van der Waals surface area contributed by atoms with Gasteiger partial charge in [0.1, 0.15) is 6.61 Å². The van der Waals surface area contributed by atoms with Crippen molar-refractivity contribution in [3.63, 3.8) is 0 Å². The summed E-state index contributed by atoms with van der Waals surface area (Å²) in [5, 5.41) is 0. The Morgan fingerprint density at radius 2 is 1.89 bits per heavy atom. The largest absolute Gasteiger partial charge is 0.457 e. The van der Waals surface area contributed by atoms with Crippen molar-refractivity contribution in [2.24, 2.45) is 0 Å². The SMILES string of the molecule is Nc1cc(Br)cc(C(=O)OCc2ccccc2)c1. The second kappa shape index (κ2) is 5.69. The number of rotatable bonds is 3. The van der Waals surface area contributed by atoms with E-state index in [1.165, 1.54) is 0 Å². The molecule has 0 amide bonds. The number of esters is 1. The lowest BCUT2D eigenvalue weighted by Crippen LogP contribution is -2.06. The summed E-state index contributed by atoms with van der Waals surface area (Å²) in [6.45, 7) is 0.256. The van der Waals surface area contributed by atoms with Crippen LogP contribution in [0.1, 0.15) is 15.9 Å². The molecule has 0 aliphatic carbocycles. The van der Waals surface area contributed by atoms with Gasteiger partial charge in [-0.1, -0.05) is 46.3 Å². The fourth-order valence-electron chi connectivity index (χ4n) is 1.54. The maximum Gasteiger partial charge on any atom is 0.338 e. The highest BCUT2D eigenvalue weighted by Crippen LogP contribution is 2.18. The maximum absolute atomic E-state index is 11.8. The third-order valence-electron chi connectivity index (χ3n) is 2.37. The Morgan fingerprint density at radius 3 is 2.56 bits per heavy atom. The van der Waals surface area contributed by atoms with E-state index >= 15 is 0 Å². The summed E-state index contributed by atoms with van der Waals surface area (Å²) in [6.07, 6.45) is 0. The van der Waals surface area contributed by atoms with Crippen molar-refractivity contribution >= 4 is 27.6 Å². The first kappa shape index (κ1) is 12.6. The van der Waals surface area contributed by atoms with Crippen LogP contribution in [0, 0.1) is 0 Å². The van der Waals surface area contributed by atoms with Crippen molar-refractivity contribution in [1.29, 1.82) is 0 Å². The van der Waals surface area contributed by atoms with Crippen LogP contribution >= 0.6 is 15.9 Å². The van der Waals surface area contributed by atoms with E-state index < -0.39 is 0 Å². The minimum absolute atomic E-state index is 0.256. The van der Waals surface area contributed by atoms with Crippen LogP contribution in [0.5, 0.6) is 0 Å². The first-order chi connectivity index (χ1) is 8.65. The van der Waals surface area contributed by atoms with Crippen LogP contribution in [0.3, 0.4) is 0 Å². The molecule has 2 aromatic rings. The molecule has 0 bridgehead atoms. The Morgan fingerprint density at radius 1 is 1.17 bits per heavy atom. The lowest BCUT2D eigenvalue weighted by atomic mass is 10.2. The summed E-state index contributed by atoms with van der Waals surface area (Å²) < 4.78 is 5.97. The minimum atomic E-state index is -0.383. The van der Waals surface area contributed by atoms with Crippen LogP contribution in [-0.2, 0) is 11.3 Å². The average molecular weight is 306 g/mol. The zero-order valence-corrected chi connectivity index (χ0v) is 11.2. The predicted octanol–water partition coefficient (Wildman–Crippen LogP) is 3.39. The molecule has 0 radical (unpaired) electrons. The van der Waals surface area contributed by atoms with E-state index in [-0.39, 0.29) is 12.6 Å². The quantitative estimate of drug-likeness (QED) is 0.698. The van der Waals surface area contributed by atoms with Crippen LogP contribution in [0.25, 0.3) is 0 Å². The summed E-state index contributed by atoms with van der Waals surface area (Å²) in [4.78, 5) is 11.8. The van der Waals surface area contributed by atoms with Gasteiger partial charge in [-0.3, -0.25) is 0 Å². The van der Waals surface area contributed by atoms with E-state index in [4.69, 9.17) is 10.5 Å². The molecule has 18 heavy (non-hydrogen) atoms. The molecule has 0 aromatic heterocycles. The number of carbonyl (C=O) groups is 1. The van der Waals surface area contributed by atoms with Crippen LogP contribution in [0.2, 0.25) is 0 Å². The molecular formula is C14H12BrNO2. The van der Waals surface area contributed by atoms with Crippen LogP contribution in [-0.4, -0.2) is 5.97 Å². The third-order valence-corrected chi connectivity index (χ3v) is 2.83. The Bertz CT molecular complexity index is 535. The van der Waals surface area contributed by atoms with Gasteiger partial charge in [-0.2, -0.15) is 0 Å². The van der Waals surface area contributed by atoms with Crippen molar-refractivity contribution in [3.05, 3.63) is 64.1 Å². The molecule has 2 N–H and O–H groups in total. The van der Waals surface area contributed by atoms with Crippen LogP contribution in [0.15, 0.2) is 53.0 Å². The second-order valence-electron chi connectivity index (χ2n) is 3.83. The van der Waals surface area contributed by atoms with E-state index in [2.05, 4.69) is 15.9 Å². The average Bonchev–Trinajstić information content (AvgIpc) is 2.36. The number of hydrogen-bond donors (Lipinski definition) is 1. The molecule has 0 unspecified atom stereocenters. The lowest BCUT2D eigenvalue weighted by molar-refractivity contribution is 0.0472. The van der Waals surface area contributed by atoms with E-state index in [0.717, 1.165) is 10.0 Å². The van der Waals surface area contributed by atoms with Gasteiger partial charge >= 0.3 is 5.97 Å². The van der Waals surface area contributed by atoms with Gasteiger partial charge in [-0.25, -0.2) is 4.79 Å². The maximum atomic E-state index is 11.8. The topological polar surface area (TPSA) is 52.3 Å². The summed E-state index contributed by atoms with van der Waals surface area (Å²) in [7, 11) is 0. The predicted molar refractivity (Wildman–Crippen MR) is 74.1 cm³/mol. The second-order valence-corrected chi connectivity index (χ2v) is 4.75. The van der Waals surface area contributed by atoms with Gasteiger partial charge in [0, 0.05) is 10.2 Å². The Labute approximate surface area is 114 Å². The highest BCUT2D eigenvalue weighted by Gasteiger charge is 2.08. The molecule has 2 aromatic carbocycles. The van der Waals surface area contributed by atoms with Crippen molar-refractivity contribution in [3.8, 4) is 0 Å². The fourth-order valence-corrected chi connectivity index (χ4v) is 2.05. The highest BCUT2D eigenvalue weighted by atomic mass is 79.9. The Kier molecular flexibility index (Phi) is 3.99. The monoisotopic (exact) mass is 305 g/mol. The van der Waals surface area contributed by atoms with E-state index in [0.29, 0.717) is 11.3 Å². The van der Waals surface area contributed by atoms with Crippen molar-refractivity contribution in [2.75, 3.05) is 5.73 Å². The van der Waals surface area contributed by atoms with Crippen molar-refractivity contribution in [1.82, 2.24) is 0 Å². The molecule has 0 saturated carbocycles. The number of nitrogens with two attached hydrogens (primary N) is 1. The third kappa shape index (κ3) is 3.34. The number of halogens is 1. The highest BCUT2D eigenvalue weighted by molar-refractivity contribution is 9.10. The standard InChI is InChI=1S/C14H12BrNO2/c15-12-6-11(7-13(16)8-12)14(17)18-9-10-4-2-1-3-5-10/h1-8H,9,16H2. The van der Waals surface area contributed by atoms with Gasteiger partial charge in [0.05, 0.1) is 5.56 Å². The van der Waals surface area contributed by atoms with E-state index in [9.17, 15) is 4.79 Å². The molecule has 2 rings (SSSR count). The molecule has 0 atom stereocenters. The van der Waals surface area contributed by atoms with Crippen molar-refractivity contribution < 1.29 is 9.53 Å². The molecule has 0 fully saturated rings. The molecule has 0 aliphatic rings. The normalized spacial score (nSPS) is 10.1. The summed E-state index contributed by atoms with van der Waals surface area (Å²) in [6, 6.07) is 14.5. The molecule has 0 aliphatic heterocycles. The molecule has 0 saturated heterocycles. The summed E-state index contributed by atoms with van der Waals surface area (Å²) in [5.74, 6) is -0.383. The summed E-state index contributed by atoms with van der Waals surface area (Å²) in [5.41, 5.74) is 7.59. The molecular weight excluding hydrogens is 294 g/mol. The smallest absolute Gasteiger partial charge is 0.338 e. The molecule has 92 valence electrons. The fraction of sp³-hybridized carbons (Fsp3) is 0.0714. The van der Waals surface area contributed by atoms with Crippen LogP contribution in [0.4, 0.5) is 5.69 Å². The zero-order valence-electron chi connectivity index (χ0n) is 9.60. The van der Waals surface area contributed by atoms with Gasteiger partial charge in [0.2, 0.25) is 0 Å². The van der Waals surface area contributed by atoms with Gasteiger partial charge in [0.25, 0.3) is 0 Å². The molecule has 3 nitrogen and oxygen atoms in total. The number of carbonyl (C=O) groups excluding carboxylic acids is 1. The van der Waals surface area contributed by atoms with Gasteiger partial charge in [-0.15, -0.1) is 0 Å². The zero-order chi connectivity index (χ0) is 13.0. The number of hydrogen-bond acceptors (Lipinski definition) is 3. The summed E-state index contributed by atoms with van der Waals surface area (Å²) >= 11 is 3.29. The van der Waals surface area contributed by atoms with Crippen molar-refractivity contribution in [2.45, 2.75) is 6.61 Å². The number of nitrogen functional groups attached to an aromatic ring is 1. The van der Waals surface area contributed by atoms with Gasteiger partial charge in [-0.05, 0) is 23.8 Å². The number of anilines is 1. The first-order valence-corrected chi connectivity index (χ1v) is 6.21. The number of ether oxygens (including phenoxy) is 1. The molecule has 0 heterocycles. The van der Waals surface area contributed by atoms with E-state index in [1.807, 2.05) is 30.3 Å². The van der Waals surface area contributed by atoms with Crippen LogP contribution < -0.4 is 5.73 Å². The Hall–Kier alpha value is -1.81. The van der Waals surface area contributed by atoms with Gasteiger partial charge < -0.3 is 10.5 Å². The first-order valence-electron chi connectivity index (χ1n) is 5.42. The van der Waals surface area contributed by atoms with Gasteiger partial charge in [0.15, 0.2) is 0 Å². The molecule has 4 heteroatoms.